The lowest BCUT2D eigenvalue weighted by Crippen LogP contribution is -2.48. The van der Waals surface area contributed by atoms with Gasteiger partial charge in [0.1, 0.15) is 11.0 Å². The number of piperidine rings is 1. The second-order valence-corrected chi connectivity index (χ2v) is 11.4. The quantitative estimate of drug-likeness (QED) is 0.251. The van der Waals surface area contributed by atoms with Crippen molar-refractivity contribution < 1.29 is 23.1 Å². The van der Waals surface area contributed by atoms with Gasteiger partial charge in [-0.2, -0.15) is 18.2 Å². The van der Waals surface area contributed by atoms with Crippen molar-refractivity contribution in [2.75, 3.05) is 23.3 Å². The Bertz CT molecular complexity index is 1810. The monoisotopic (exact) mass is 622 g/mol. The van der Waals surface area contributed by atoms with Gasteiger partial charge in [-0.1, -0.05) is 19.1 Å². The Labute approximate surface area is 256 Å². The Kier molecular flexibility index (Phi) is 7.85. The van der Waals surface area contributed by atoms with Crippen LogP contribution in [-0.4, -0.2) is 60.6 Å². The summed E-state index contributed by atoms with van der Waals surface area (Å²) < 4.78 is 40.8. The molecule has 2 aliphatic rings. The van der Waals surface area contributed by atoms with Crippen LogP contribution in [0.3, 0.4) is 0 Å². The highest BCUT2D eigenvalue weighted by molar-refractivity contribution is 5.82. The molecule has 11 nitrogen and oxygen atoms in total. The lowest BCUT2D eigenvalue weighted by molar-refractivity contribution is -0.174. The highest BCUT2D eigenvalue weighted by atomic mass is 19.4. The molecule has 14 heteroatoms. The van der Waals surface area contributed by atoms with Gasteiger partial charge >= 0.3 is 12.1 Å². The van der Waals surface area contributed by atoms with Crippen LogP contribution in [-0.2, 0) is 23.4 Å². The van der Waals surface area contributed by atoms with Gasteiger partial charge in [0.15, 0.2) is 11.5 Å². The first kappa shape index (κ1) is 30.3. The van der Waals surface area contributed by atoms with E-state index in [4.69, 9.17) is 4.98 Å². The van der Waals surface area contributed by atoms with Crippen molar-refractivity contribution in [3.63, 3.8) is 0 Å². The highest BCUT2D eigenvalue weighted by Gasteiger charge is 2.40. The van der Waals surface area contributed by atoms with Gasteiger partial charge in [-0.3, -0.25) is 9.59 Å². The number of halogens is 3. The van der Waals surface area contributed by atoms with Crippen LogP contribution < -0.4 is 21.1 Å². The average Bonchev–Trinajstić information content (AvgIpc) is 3.51. The predicted octanol–water partition coefficient (Wildman–Crippen LogP) is 4.10. The minimum atomic E-state index is -4.89. The van der Waals surface area contributed by atoms with Crippen LogP contribution in [0.5, 0.6) is 0 Å². The number of fused-ring (bicyclic) bond motifs is 2. The minimum absolute atomic E-state index is 0.210. The number of benzene rings is 1. The molecule has 0 radical (unpaired) electrons. The van der Waals surface area contributed by atoms with E-state index in [1.807, 2.05) is 48.2 Å². The second-order valence-electron chi connectivity index (χ2n) is 11.4. The van der Waals surface area contributed by atoms with E-state index in [0.29, 0.717) is 67.0 Å². The summed E-state index contributed by atoms with van der Waals surface area (Å²) >= 11 is 0. The summed E-state index contributed by atoms with van der Waals surface area (Å²) in [5.74, 6) is -1.20. The van der Waals surface area contributed by atoms with E-state index in [9.17, 15) is 27.9 Å². The summed E-state index contributed by atoms with van der Waals surface area (Å²) in [7, 11) is 0. The van der Waals surface area contributed by atoms with Gasteiger partial charge in [-0.25, -0.2) is 19.3 Å². The van der Waals surface area contributed by atoms with Crippen molar-refractivity contribution >= 4 is 34.3 Å². The zero-order valence-electron chi connectivity index (χ0n) is 24.6. The molecule has 0 saturated carbocycles. The van der Waals surface area contributed by atoms with Gasteiger partial charge < -0.3 is 20.6 Å². The molecule has 4 aromatic rings. The van der Waals surface area contributed by atoms with Crippen LogP contribution >= 0.6 is 0 Å². The first-order valence-corrected chi connectivity index (χ1v) is 14.8. The maximum Gasteiger partial charge on any atom is 0.471 e. The third kappa shape index (κ3) is 5.77. The normalized spacial score (nSPS) is 18.6. The molecular weight excluding hydrogens is 589 g/mol. The predicted molar refractivity (Wildman–Crippen MR) is 163 cm³/mol. The maximum absolute atomic E-state index is 13.3. The smallest absolute Gasteiger partial charge is 0.384 e. The molecule has 45 heavy (non-hydrogen) atoms. The fraction of sp³-hybridized carbons (Fsp3) is 0.387. The zero-order valence-corrected chi connectivity index (χ0v) is 24.6. The van der Waals surface area contributed by atoms with Crippen LogP contribution in [0.1, 0.15) is 43.9 Å². The standard InChI is InChI=1S/C31H33F3N8O3/c1-3-15-41-27(43)23-18-35-29(39-26(23)42(41)24-10-5-19-11-14-30(45,4-2)25(19)38-24)37-20-6-8-22(9-7-20)40-16-12-21(13-17-40)36-28(44)31(32,33)34/h3,5-10,18,21,45H,1,4,11-17H2,2H3,(H,36,44)(H,35,37,39)/t30-/m1/s1. The van der Waals surface area contributed by atoms with Crippen LogP contribution in [0.4, 0.5) is 30.5 Å². The van der Waals surface area contributed by atoms with E-state index in [0.717, 1.165) is 17.7 Å². The number of rotatable bonds is 8. The minimum Gasteiger partial charge on any atom is -0.384 e. The third-order valence-electron chi connectivity index (χ3n) is 8.57. The third-order valence-corrected chi connectivity index (χ3v) is 8.57. The van der Waals surface area contributed by atoms with E-state index in [-0.39, 0.29) is 18.1 Å². The van der Waals surface area contributed by atoms with Crippen molar-refractivity contribution in [2.24, 2.45) is 0 Å². The molecule has 1 saturated heterocycles. The Morgan fingerprint density at radius 2 is 1.89 bits per heavy atom. The van der Waals surface area contributed by atoms with E-state index in [2.05, 4.69) is 27.2 Å². The number of aromatic nitrogens is 5. The molecule has 1 aliphatic carbocycles. The molecule has 0 bridgehead atoms. The van der Waals surface area contributed by atoms with Crippen molar-refractivity contribution in [1.82, 2.24) is 29.6 Å². The van der Waals surface area contributed by atoms with Crippen LogP contribution in [0.15, 0.2) is 60.0 Å². The fourth-order valence-electron chi connectivity index (χ4n) is 6.05. The number of carbonyl (C=O) groups excluding carboxylic acids is 1. The number of nitrogens with zero attached hydrogens (tertiary/aromatic N) is 6. The molecule has 1 aliphatic heterocycles. The summed E-state index contributed by atoms with van der Waals surface area (Å²) in [5, 5.41) is 16.7. The molecule has 1 atom stereocenters. The van der Waals surface area contributed by atoms with E-state index in [1.54, 1.807) is 10.8 Å². The first-order valence-electron chi connectivity index (χ1n) is 14.8. The maximum atomic E-state index is 13.3. The van der Waals surface area contributed by atoms with E-state index < -0.39 is 23.7 Å². The number of hydrogen-bond donors (Lipinski definition) is 3. The van der Waals surface area contributed by atoms with Gasteiger partial charge in [-0.05, 0) is 68.0 Å². The van der Waals surface area contributed by atoms with Crippen molar-refractivity contribution in [1.29, 1.82) is 0 Å². The number of pyridine rings is 1. The number of hydrogen-bond acceptors (Lipinski definition) is 8. The van der Waals surface area contributed by atoms with E-state index >= 15 is 0 Å². The van der Waals surface area contributed by atoms with Crippen molar-refractivity contribution in [3.8, 4) is 5.82 Å². The average molecular weight is 623 g/mol. The SMILES string of the molecule is C=CCn1c(=O)c2cnc(Nc3ccc(N4CCC(NC(=O)C(F)(F)F)CC4)cc3)nc2n1-c1ccc2c(n1)[C@@](O)(CC)CC2. The van der Waals surface area contributed by atoms with Crippen LogP contribution in [0.2, 0.25) is 0 Å². The van der Waals surface area contributed by atoms with Gasteiger partial charge in [-0.15, -0.1) is 6.58 Å². The molecule has 4 heterocycles. The van der Waals surface area contributed by atoms with Crippen LogP contribution in [0, 0.1) is 0 Å². The number of allylic oxidation sites excluding steroid dienone is 1. The zero-order chi connectivity index (χ0) is 31.9. The molecular formula is C31H33F3N8O3. The summed E-state index contributed by atoms with van der Waals surface area (Å²) in [5.41, 5.74) is 2.21. The largest absolute Gasteiger partial charge is 0.471 e. The number of anilines is 3. The van der Waals surface area contributed by atoms with Gasteiger partial charge in [0.05, 0.1) is 12.2 Å². The Hall–Kier alpha value is -4.72. The molecule has 236 valence electrons. The summed E-state index contributed by atoms with van der Waals surface area (Å²) in [4.78, 5) is 40.5. The molecule has 6 rings (SSSR count). The molecule has 0 unspecified atom stereocenters. The van der Waals surface area contributed by atoms with Crippen molar-refractivity contribution in [2.45, 2.75) is 63.4 Å². The molecule has 3 N–H and O–H groups in total. The lowest BCUT2D eigenvalue weighted by atomic mass is 9.98. The summed E-state index contributed by atoms with van der Waals surface area (Å²) in [6.07, 6.45) is 0.841. The Morgan fingerprint density at radius 1 is 1.16 bits per heavy atom. The van der Waals surface area contributed by atoms with Gasteiger partial charge in [0.2, 0.25) is 5.95 Å². The Morgan fingerprint density at radius 3 is 2.56 bits per heavy atom. The molecule has 0 spiro atoms. The van der Waals surface area contributed by atoms with Gasteiger partial charge in [0, 0.05) is 36.7 Å². The number of alkyl halides is 3. The summed E-state index contributed by atoms with van der Waals surface area (Å²) in [6, 6.07) is 10.7. The fourth-order valence-corrected chi connectivity index (χ4v) is 6.05. The second kappa shape index (κ2) is 11.7. The van der Waals surface area contributed by atoms with Gasteiger partial charge in [0.25, 0.3) is 5.56 Å². The topological polar surface area (TPSA) is 130 Å². The molecule has 1 fully saturated rings. The number of carbonyl (C=O) groups is 1. The number of aliphatic hydroxyl groups is 1. The number of amides is 1. The van der Waals surface area contributed by atoms with Crippen LogP contribution in [0.25, 0.3) is 16.9 Å². The lowest BCUT2D eigenvalue weighted by Gasteiger charge is -2.34. The molecule has 3 aromatic heterocycles. The summed E-state index contributed by atoms with van der Waals surface area (Å²) in [6.45, 7) is 6.93. The number of aryl methyl sites for hydroxylation is 1. The highest BCUT2D eigenvalue weighted by Crippen LogP contribution is 2.38. The Balaban J connectivity index is 1.23. The number of nitrogens with one attached hydrogen (secondary N) is 2. The first-order chi connectivity index (χ1) is 21.5. The van der Waals surface area contributed by atoms with E-state index in [1.165, 1.54) is 10.9 Å². The molecule has 1 amide bonds. The molecule has 1 aromatic carbocycles. The van der Waals surface area contributed by atoms with Crippen molar-refractivity contribution in [3.05, 3.63) is 76.9 Å².